The van der Waals surface area contributed by atoms with Gasteiger partial charge < -0.3 is 20.6 Å². The molecule has 19 heavy (non-hydrogen) atoms. The van der Waals surface area contributed by atoms with E-state index in [4.69, 9.17) is 27.3 Å². The number of aromatic nitrogens is 1. The summed E-state index contributed by atoms with van der Waals surface area (Å²) in [5.74, 6) is 0.600. The van der Waals surface area contributed by atoms with Gasteiger partial charge in [0.25, 0.3) is 0 Å². The highest BCUT2D eigenvalue weighted by Gasteiger charge is 2.29. The molecule has 0 bridgehead atoms. The second-order valence-corrected chi connectivity index (χ2v) is 5.39. The molecule has 7 heteroatoms. The molecule has 0 unspecified atom stereocenters. The monoisotopic (exact) mass is 284 g/mol. The van der Waals surface area contributed by atoms with Gasteiger partial charge in [-0.1, -0.05) is 16.8 Å². The first-order valence-corrected chi connectivity index (χ1v) is 6.34. The number of morpholine rings is 1. The fourth-order valence-electron chi connectivity index (χ4n) is 2.10. The van der Waals surface area contributed by atoms with Crippen molar-refractivity contribution in [2.75, 3.05) is 24.6 Å². The zero-order valence-electron chi connectivity index (χ0n) is 10.9. The molecule has 0 saturated carbocycles. The van der Waals surface area contributed by atoms with Crippen LogP contribution in [-0.2, 0) is 4.74 Å². The van der Waals surface area contributed by atoms with E-state index >= 15 is 0 Å². The molecule has 0 amide bonds. The number of oxime groups is 1. The van der Waals surface area contributed by atoms with Gasteiger partial charge in [0.1, 0.15) is 5.82 Å². The summed E-state index contributed by atoms with van der Waals surface area (Å²) in [6, 6.07) is 1.62. The number of nitrogens with two attached hydrogens (primary N) is 1. The van der Waals surface area contributed by atoms with Crippen molar-refractivity contribution >= 4 is 23.3 Å². The molecule has 1 aliphatic heterocycles. The Hall–Kier alpha value is -1.53. The molecule has 3 N–H and O–H groups in total. The third-order valence-electron chi connectivity index (χ3n) is 2.98. The minimum absolute atomic E-state index is 0.0267. The molecule has 104 valence electrons. The van der Waals surface area contributed by atoms with Gasteiger partial charge in [-0.25, -0.2) is 4.98 Å². The van der Waals surface area contributed by atoms with Crippen molar-refractivity contribution in [1.29, 1.82) is 0 Å². The predicted molar refractivity (Wildman–Crippen MR) is 74.0 cm³/mol. The summed E-state index contributed by atoms with van der Waals surface area (Å²) in [6.45, 7) is 6.02. The molecule has 1 aliphatic rings. The number of hydrogen-bond acceptors (Lipinski definition) is 5. The molecular weight excluding hydrogens is 268 g/mol. The van der Waals surface area contributed by atoms with E-state index in [1.165, 1.54) is 0 Å². The van der Waals surface area contributed by atoms with E-state index in [1.807, 2.05) is 18.7 Å². The van der Waals surface area contributed by atoms with E-state index in [9.17, 15) is 0 Å². The van der Waals surface area contributed by atoms with Crippen LogP contribution in [0.15, 0.2) is 17.4 Å². The largest absolute Gasteiger partial charge is 0.409 e. The van der Waals surface area contributed by atoms with Crippen molar-refractivity contribution in [3.8, 4) is 0 Å². The summed E-state index contributed by atoms with van der Waals surface area (Å²) in [5, 5.41) is 12.1. The number of nitrogens with zero attached hydrogens (tertiary/aromatic N) is 3. The summed E-state index contributed by atoms with van der Waals surface area (Å²) < 4.78 is 5.65. The number of hydrogen-bond donors (Lipinski definition) is 2. The van der Waals surface area contributed by atoms with Gasteiger partial charge in [-0.05, 0) is 19.9 Å². The third-order valence-corrected chi connectivity index (χ3v) is 3.35. The molecule has 2 heterocycles. The standard InChI is InChI=1S/C12H17ClN4O2/c1-12(2)7-17(5-6-19-12)11-9(13)8(3-4-15-11)10(14)16-18/h3-4,18H,5-7H2,1-2H3,(H2,14,16). The molecule has 0 aliphatic carbocycles. The Morgan fingerprint density at radius 3 is 3.00 bits per heavy atom. The highest BCUT2D eigenvalue weighted by Crippen LogP contribution is 2.30. The molecule has 2 rings (SSSR count). The van der Waals surface area contributed by atoms with Gasteiger partial charge in [-0.2, -0.15) is 0 Å². The Balaban J connectivity index is 2.35. The number of anilines is 1. The summed E-state index contributed by atoms with van der Waals surface area (Å²) in [6.07, 6.45) is 1.59. The summed E-state index contributed by atoms with van der Waals surface area (Å²) in [4.78, 5) is 6.33. The molecular formula is C12H17ClN4O2. The average Bonchev–Trinajstić information content (AvgIpc) is 2.37. The Kier molecular flexibility index (Phi) is 3.82. The molecule has 0 atom stereocenters. The van der Waals surface area contributed by atoms with Crippen LogP contribution in [0.1, 0.15) is 19.4 Å². The molecule has 6 nitrogen and oxygen atoms in total. The van der Waals surface area contributed by atoms with Crippen LogP contribution in [-0.4, -0.2) is 41.3 Å². The van der Waals surface area contributed by atoms with Crippen LogP contribution >= 0.6 is 11.6 Å². The van der Waals surface area contributed by atoms with Crippen LogP contribution in [0, 0.1) is 0 Å². The van der Waals surface area contributed by atoms with E-state index in [1.54, 1.807) is 12.3 Å². The van der Waals surface area contributed by atoms with Gasteiger partial charge in [0, 0.05) is 24.8 Å². The first kappa shape index (κ1) is 13.9. The van der Waals surface area contributed by atoms with Crippen LogP contribution < -0.4 is 10.6 Å². The van der Waals surface area contributed by atoms with E-state index in [2.05, 4.69) is 10.1 Å². The molecule has 0 aromatic carbocycles. The highest BCUT2D eigenvalue weighted by atomic mass is 35.5. The Morgan fingerprint density at radius 2 is 2.37 bits per heavy atom. The summed E-state index contributed by atoms with van der Waals surface area (Å²) in [7, 11) is 0. The summed E-state index contributed by atoms with van der Waals surface area (Å²) >= 11 is 6.29. The maximum Gasteiger partial charge on any atom is 0.171 e. The van der Waals surface area contributed by atoms with Crippen LogP contribution in [0.5, 0.6) is 0 Å². The van der Waals surface area contributed by atoms with Gasteiger partial charge in [-0.3, -0.25) is 0 Å². The number of ether oxygens (including phenoxy) is 1. The minimum Gasteiger partial charge on any atom is -0.409 e. The van der Waals surface area contributed by atoms with Gasteiger partial charge in [0.05, 0.1) is 17.2 Å². The lowest BCUT2D eigenvalue weighted by atomic mass is 10.1. The Morgan fingerprint density at radius 1 is 1.63 bits per heavy atom. The molecule has 1 aromatic rings. The fourth-order valence-corrected chi connectivity index (χ4v) is 2.43. The zero-order chi connectivity index (χ0) is 14.0. The SMILES string of the molecule is CC1(C)CN(c2nccc(/C(N)=N/O)c2Cl)CCO1. The van der Waals surface area contributed by atoms with Crippen molar-refractivity contribution in [1.82, 2.24) is 4.98 Å². The van der Waals surface area contributed by atoms with Gasteiger partial charge in [-0.15, -0.1) is 0 Å². The normalized spacial score (nSPS) is 19.5. The van der Waals surface area contributed by atoms with Crippen molar-refractivity contribution in [2.24, 2.45) is 10.9 Å². The topological polar surface area (TPSA) is 84.0 Å². The lowest BCUT2D eigenvalue weighted by Crippen LogP contribution is -2.48. The lowest BCUT2D eigenvalue weighted by Gasteiger charge is -2.39. The molecule has 0 radical (unpaired) electrons. The van der Waals surface area contributed by atoms with Gasteiger partial charge in [0.2, 0.25) is 0 Å². The maximum atomic E-state index is 8.75. The van der Waals surface area contributed by atoms with Crippen LogP contribution in [0.3, 0.4) is 0 Å². The van der Waals surface area contributed by atoms with Crippen LogP contribution in [0.2, 0.25) is 5.02 Å². The van der Waals surface area contributed by atoms with Crippen molar-refractivity contribution in [2.45, 2.75) is 19.4 Å². The van der Waals surface area contributed by atoms with Crippen LogP contribution in [0.4, 0.5) is 5.82 Å². The molecule has 1 aromatic heterocycles. The zero-order valence-corrected chi connectivity index (χ0v) is 11.7. The van der Waals surface area contributed by atoms with Crippen molar-refractivity contribution in [3.05, 3.63) is 22.8 Å². The maximum absolute atomic E-state index is 8.75. The van der Waals surface area contributed by atoms with E-state index < -0.39 is 0 Å². The first-order valence-electron chi connectivity index (χ1n) is 5.96. The first-order chi connectivity index (χ1) is 8.94. The number of amidine groups is 1. The summed E-state index contributed by atoms with van der Waals surface area (Å²) in [5.41, 5.74) is 5.81. The smallest absolute Gasteiger partial charge is 0.171 e. The van der Waals surface area contributed by atoms with Crippen LogP contribution in [0.25, 0.3) is 0 Å². The van der Waals surface area contributed by atoms with Crippen molar-refractivity contribution < 1.29 is 9.94 Å². The third kappa shape index (κ3) is 2.90. The average molecular weight is 285 g/mol. The van der Waals surface area contributed by atoms with E-state index in [0.717, 1.165) is 0 Å². The number of pyridine rings is 1. The lowest BCUT2D eigenvalue weighted by molar-refractivity contribution is -0.0279. The number of rotatable bonds is 2. The second-order valence-electron chi connectivity index (χ2n) is 5.01. The Labute approximate surface area is 116 Å². The highest BCUT2D eigenvalue weighted by molar-refractivity contribution is 6.36. The van der Waals surface area contributed by atoms with E-state index in [0.29, 0.717) is 36.1 Å². The van der Waals surface area contributed by atoms with E-state index in [-0.39, 0.29) is 11.4 Å². The quantitative estimate of drug-likeness (QED) is 0.372. The minimum atomic E-state index is -0.254. The van der Waals surface area contributed by atoms with Gasteiger partial charge in [0.15, 0.2) is 5.84 Å². The number of halogens is 1. The fraction of sp³-hybridized carbons (Fsp3) is 0.500. The second kappa shape index (κ2) is 5.22. The van der Waals surface area contributed by atoms with Crippen molar-refractivity contribution in [3.63, 3.8) is 0 Å². The Bertz CT molecular complexity index is 505. The van der Waals surface area contributed by atoms with Gasteiger partial charge >= 0.3 is 0 Å². The molecule has 1 fully saturated rings. The predicted octanol–water partition coefficient (Wildman–Crippen LogP) is 1.44. The molecule has 0 spiro atoms. The molecule has 1 saturated heterocycles.